The molecule has 0 heterocycles. The van der Waals surface area contributed by atoms with Gasteiger partial charge in [0.1, 0.15) is 5.75 Å². The first-order chi connectivity index (χ1) is 11.4. The number of carbonyl (C=O) groups excluding carboxylic acids is 1. The van der Waals surface area contributed by atoms with Crippen LogP contribution in [0, 0.1) is 6.92 Å². The highest BCUT2D eigenvalue weighted by atomic mass is 16.5. The molecule has 0 aliphatic rings. The molecule has 0 saturated heterocycles. The molecule has 0 saturated carbocycles. The molecule has 0 spiro atoms. The lowest BCUT2D eigenvalue weighted by molar-refractivity contribution is 0.0696. The molecule has 0 radical (unpaired) electrons. The highest BCUT2D eigenvalue weighted by molar-refractivity contribution is 6.05. The highest BCUT2D eigenvalue weighted by Gasteiger charge is 2.10. The van der Waals surface area contributed by atoms with E-state index in [2.05, 4.69) is 5.32 Å². The van der Waals surface area contributed by atoms with Crippen molar-refractivity contribution in [1.82, 2.24) is 0 Å². The van der Waals surface area contributed by atoms with Crippen LogP contribution < -0.4 is 10.1 Å². The molecule has 0 aromatic heterocycles. The van der Waals surface area contributed by atoms with Gasteiger partial charge >= 0.3 is 5.97 Å². The molecule has 5 nitrogen and oxygen atoms in total. The standard InChI is InChI=1S/C19H21NO4/c1-4-13(3)24-16-8-5-14(6-9-16)18(21)20-17-10-7-15(19(22)23)11-12(17)2/h5-11,13H,4H2,1-3H3,(H,20,21)(H,22,23)/t13-/m1/s1. The number of benzene rings is 2. The third kappa shape index (κ3) is 4.35. The fourth-order valence-corrected chi connectivity index (χ4v) is 2.13. The summed E-state index contributed by atoms with van der Waals surface area (Å²) < 4.78 is 5.68. The first kappa shape index (κ1) is 17.5. The Morgan fingerprint density at radius 1 is 1.12 bits per heavy atom. The van der Waals surface area contributed by atoms with Gasteiger partial charge in [-0.05, 0) is 68.3 Å². The van der Waals surface area contributed by atoms with Crippen molar-refractivity contribution in [2.75, 3.05) is 5.32 Å². The van der Waals surface area contributed by atoms with E-state index >= 15 is 0 Å². The predicted molar refractivity (Wildman–Crippen MR) is 92.9 cm³/mol. The molecule has 0 bridgehead atoms. The van der Waals surface area contributed by atoms with Gasteiger partial charge < -0.3 is 15.2 Å². The molecule has 0 aliphatic heterocycles. The first-order valence-electron chi connectivity index (χ1n) is 7.82. The minimum atomic E-state index is -0.993. The minimum absolute atomic E-state index is 0.125. The van der Waals surface area contributed by atoms with Crippen LogP contribution in [0.2, 0.25) is 0 Å². The molecule has 0 aliphatic carbocycles. The second-order valence-corrected chi connectivity index (χ2v) is 5.65. The molecular formula is C19H21NO4. The van der Waals surface area contributed by atoms with Gasteiger partial charge in [0.2, 0.25) is 0 Å². The maximum absolute atomic E-state index is 12.3. The molecule has 2 N–H and O–H groups in total. The van der Waals surface area contributed by atoms with E-state index in [1.165, 1.54) is 12.1 Å². The van der Waals surface area contributed by atoms with Crippen LogP contribution in [-0.4, -0.2) is 23.1 Å². The Labute approximate surface area is 141 Å². The third-order valence-electron chi connectivity index (χ3n) is 3.75. The summed E-state index contributed by atoms with van der Waals surface area (Å²) >= 11 is 0. The van der Waals surface area contributed by atoms with Gasteiger partial charge in [0.05, 0.1) is 11.7 Å². The maximum atomic E-state index is 12.3. The van der Waals surface area contributed by atoms with Gasteiger partial charge in [-0.15, -0.1) is 0 Å². The van der Waals surface area contributed by atoms with E-state index < -0.39 is 5.97 Å². The van der Waals surface area contributed by atoms with Crippen molar-refractivity contribution >= 4 is 17.6 Å². The Bertz CT molecular complexity index is 738. The van der Waals surface area contributed by atoms with Crippen molar-refractivity contribution < 1.29 is 19.4 Å². The van der Waals surface area contributed by atoms with Gasteiger partial charge in [-0.3, -0.25) is 4.79 Å². The predicted octanol–water partition coefficient (Wildman–Crippen LogP) is 4.12. The van der Waals surface area contributed by atoms with Gasteiger partial charge in [0.15, 0.2) is 0 Å². The van der Waals surface area contributed by atoms with Crippen LogP contribution in [0.5, 0.6) is 5.75 Å². The number of rotatable bonds is 6. The monoisotopic (exact) mass is 327 g/mol. The summed E-state index contributed by atoms with van der Waals surface area (Å²) in [6, 6.07) is 11.5. The molecule has 0 fully saturated rings. The van der Waals surface area contributed by atoms with Crippen molar-refractivity contribution in [2.45, 2.75) is 33.3 Å². The average Bonchev–Trinajstić information content (AvgIpc) is 2.56. The zero-order valence-electron chi connectivity index (χ0n) is 14.0. The maximum Gasteiger partial charge on any atom is 0.335 e. The number of carboxylic acid groups (broad SMARTS) is 1. The zero-order valence-corrected chi connectivity index (χ0v) is 14.0. The number of aryl methyl sites for hydroxylation is 1. The number of aromatic carboxylic acids is 1. The molecule has 0 unspecified atom stereocenters. The fourth-order valence-electron chi connectivity index (χ4n) is 2.13. The van der Waals surface area contributed by atoms with Crippen LogP contribution in [-0.2, 0) is 0 Å². The number of hydrogen-bond donors (Lipinski definition) is 2. The van der Waals surface area contributed by atoms with Crippen molar-refractivity contribution in [3.05, 3.63) is 59.2 Å². The Morgan fingerprint density at radius 2 is 1.75 bits per heavy atom. The molecule has 1 atom stereocenters. The molecule has 24 heavy (non-hydrogen) atoms. The Morgan fingerprint density at radius 3 is 2.29 bits per heavy atom. The quantitative estimate of drug-likeness (QED) is 0.836. The Hall–Kier alpha value is -2.82. The summed E-state index contributed by atoms with van der Waals surface area (Å²) in [5.41, 5.74) is 1.98. The van der Waals surface area contributed by atoms with Gasteiger partial charge in [0, 0.05) is 11.3 Å². The summed E-state index contributed by atoms with van der Waals surface area (Å²) in [6.07, 6.45) is 1.04. The molecule has 1 amide bonds. The number of amides is 1. The topological polar surface area (TPSA) is 75.6 Å². The van der Waals surface area contributed by atoms with Crippen LogP contribution >= 0.6 is 0 Å². The van der Waals surface area contributed by atoms with Crippen LogP contribution in [0.3, 0.4) is 0 Å². The second-order valence-electron chi connectivity index (χ2n) is 5.65. The van der Waals surface area contributed by atoms with E-state index in [1.807, 2.05) is 13.8 Å². The Balaban J connectivity index is 2.08. The van der Waals surface area contributed by atoms with E-state index in [-0.39, 0.29) is 17.6 Å². The van der Waals surface area contributed by atoms with Crippen molar-refractivity contribution in [3.8, 4) is 5.75 Å². The summed E-state index contributed by atoms with van der Waals surface area (Å²) in [5, 5.41) is 11.8. The lowest BCUT2D eigenvalue weighted by Crippen LogP contribution is -2.13. The zero-order chi connectivity index (χ0) is 17.7. The van der Waals surface area contributed by atoms with Crippen LogP contribution in [0.4, 0.5) is 5.69 Å². The van der Waals surface area contributed by atoms with Crippen LogP contribution in [0.25, 0.3) is 0 Å². The molecule has 2 rings (SSSR count). The number of hydrogen-bond acceptors (Lipinski definition) is 3. The molecular weight excluding hydrogens is 306 g/mol. The van der Waals surface area contributed by atoms with Gasteiger partial charge in [-0.25, -0.2) is 4.79 Å². The van der Waals surface area contributed by atoms with E-state index in [4.69, 9.17) is 9.84 Å². The largest absolute Gasteiger partial charge is 0.491 e. The summed E-state index contributed by atoms with van der Waals surface area (Å²) in [6.45, 7) is 5.79. The second kappa shape index (κ2) is 7.64. The summed E-state index contributed by atoms with van der Waals surface area (Å²) in [4.78, 5) is 23.2. The summed E-state index contributed by atoms with van der Waals surface area (Å²) in [7, 11) is 0. The fraction of sp³-hybridized carbons (Fsp3) is 0.263. The van der Waals surface area contributed by atoms with E-state index in [0.29, 0.717) is 16.8 Å². The Kier molecular flexibility index (Phi) is 5.58. The first-order valence-corrected chi connectivity index (χ1v) is 7.82. The molecule has 2 aromatic rings. The van der Waals surface area contributed by atoms with E-state index in [1.54, 1.807) is 37.3 Å². The number of carboxylic acids is 1. The van der Waals surface area contributed by atoms with Crippen molar-refractivity contribution in [1.29, 1.82) is 0 Å². The molecule has 2 aromatic carbocycles. The number of anilines is 1. The van der Waals surface area contributed by atoms with Crippen LogP contribution in [0.1, 0.15) is 46.5 Å². The van der Waals surface area contributed by atoms with Gasteiger partial charge in [-0.2, -0.15) is 0 Å². The number of nitrogens with one attached hydrogen (secondary N) is 1. The van der Waals surface area contributed by atoms with Crippen LogP contribution in [0.15, 0.2) is 42.5 Å². The molecule has 126 valence electrons. The normalized spacial score (nSPS) is 11.6. The lowest BCUT2D eigenvalue weighted by Gasteiger charge is -2.13. The smallest absolute Gasteiger partial charge is 0.335 e. The third-order valence-corrected chi connectivity index (χ3v) is 3.75. The number of ether oxygens (including phenoxy) is 1. The van der Waals surface area contributed by atoms with Crippen molar-refractivity contribution in [2.24, 2.45) is 0 Å². The van der Waals surface area contributed by atoms with Crippen molar-refractivity contribution in [3.63, 3.8) is 0 Å². The van der Waals surface area contributed by atoms with Gasteiger partial charge in [0.25, 0.3) is 5.91 Å². The summed E-state index contributed by atoms with van der Waals surface area (Å²) in [5.74, 6) is -0.521. The lowest BCUT2D eigenvalue weighted by atomic mass is 10.1. The average molecular weight is 327 g/mol. The SMILES string of the molecule is CC[C@@H](C)Oc1ccc(C(=O)Nc2ccc(C(=O)O)cc2C)cc1. The number of carbonyl (C=O) groups is 2. The van der Waals surface area contributed by atoms with Gasteiger partial charge in [-0.1, -0.05) is 6.92 Å². The highest BCUT2D eigenvalue weighted by Crippen LogP contribution is 2.19. The molecule has 5 heteroatoms. The van der Waals surface area contributed by atoms with E-state index in [9.17, 15) is 9.59 Å². The van der Waals surface area contributed by atoms with E-state index in [0.717, 1.165) is 12.2 Å². The minimum Gasteiger partial charge on any atom is -0.491 e.